The van der Waals surface area contributed by atoms with E-state index < -0.39 is 0 Å². The fourth-order valence-corrected chi connectivity index (χ4v) is 1.34. The Labute approximate surface area is 68.9 Å². The van der Waals surface area contributed by atoms with Gasteiger partial charge < -0.3 is 9.47 Å². The second-order valence-corrected chi connectivity index (χ2v) is 4.33. The van der Waals surface area contributed by atoms with Crippen LogP contribution in [0.4, 0.5) is 0 Å². The normalized spacial score (nSPS) is 27.0. The molecular weight excluding hydrogens is 140 g/mol. The van der Waals surface area contributed by atoms with E-state index in [9.17, 15) is 0 Å². The van der Waals surface area contributed by atoms with E-state index in [-0.39, 0.29) is 0 Å². The van der Waals surface area contributed by atoms with E-state index in [0.717, 1.165) is 26.2 Å². The van der Waals surface area contributed by atoms with Gasteiger partial charge in [-0.05, 0) is 11.8 Å². The molecule has 2 nitrogen and oxygen atoms in total. The van der Waals surface area contributed by atoms with E-state index in [4.69, 9.17) is 9.47 Å². The highest BCUT2D eigenvalue weighted by atomic mass is 16.6. The maximum absolute atomic E-state index is 5.53. The molecule has 0 saturated carbocycles. The number of hydrogen-bond acceptors (Lipinski definition) is 2. The lowest BCUT2D eigenvalue weighted by Crippen LogP contribution is -2.31. The van der Waals surface area contributed by atoms with E-state index >= 15 is 0 Å². The van der Waals surface area contributed by atoms with Gasteiger partial charge in [0.1, 0.15) is 0 Å². The molecule has 0 unspecified atom stereocenters. The molecule has 1 aliphatic rings. The molecule has 1 rings (SSSR count). The monoisotopic (exact) mass is 158 g/mol. The van der Waals surface area contributed by atoms with Crippen molar-refractivity contribution in [2.45, 2.75) is 33.3 Å². The summed E-state index contributed by atoms with van der Waals surface area (Å²) < 4.78 is 10.8. The zero-order chi connectivity index (χ0) is 8.32. The van der Waals surface area contributed by atoms with Crippen LogP contribution in [0.25, 0.3) is 0 Å². The summed E-state index contributed by atoms with van der Waals surface area (Å²) in [5, 5.41) is 0. The van der Waals surface area contributed by atoms with Gasteiger partial charge in [0.15, 0.2) is 0 Å². The smallest absolute Gasteiger partial charge is 0.0814 e. The SMILES string of the molecule is CC(C)(C)C[C@@H]1COCCO1. The maximum atomic E-state index is 5.53. The molecule has 66 valence electrons. The standard InChI is InChI=1S/C9H18O2/c1-9(2,3)6-8-7-10-4-5-11-8/h8H,4-7H2,1-3H3/t8-/m1/s1. The molecule has 11 heavy (non-hydrogen) atoms. The Balaban J connectivity index is 2.24. The molecule has 0 bridgehead atoms. The van der Waals surface area contributed by atoms with Crippen molar-refractivity contribution >= 4 is 0 Å². The summed E-state index contributed by atoms with van der Waals surface area (Å²) in [7, 11) is 0. The van der Waals surface area contributed by atoms with Crippen LogP contribution in [-0.2, 0) is 9.47 Å². The minimum atomic E-state index is 0.323. The predicted molar refractivity (Wildman–Crippen MR) is 44.6 cm³/mol. The van der Waals surface area contributed by atoms with Crippen LogP contribution in [0.15, 0.2) is 0 Å². The van der Waals surface area contributed by atoms with E-state index in [1.807, 2.05) is 0 Å². The highest BCUT2D eigenvalue weighted by Gasteiger charge is 2.21. The zero-order valence-corrected chi connectivity index (χ0v) is 7.72. The zero-order valence-electron chi connectivity index (χ0n) is 7.72. The van der Waals surface area contributed by atoms with Crippen molar-refractivity contribution in [1.82, 2.24) is 0 Å². The van der Waals surface area contributed by atoms with Gasteiger partial charge in [-0.25, -0.2) is 0 Å². The first-order valence-electron chi connectivity index (χ1n) is 4.27. The van der Waals surface area contributed by atoms with Crippen LogP contribution in [0.1, 0.15) is 27.2 Å². The van der Waals surface area contributed by atoms with Crippen LogP contribution in [-0.4, -0.2) is 25.9 Å². The molecule has 0 radical (unpaired) electrons. The van der Waals surface area contributed by atoms with Crippen LogP contribution in [0, 0.1) is 5.41 Å². The molecule has 2 heteroatoms. The number of hydrogen-bond donors (Lipinski definition) is 0. The van der Waals surface area contributed by atoms with Gasteiger partial charge in [0.05, 0.1) is 25.9 Å². The minimum Gasteiger partial charge on any atom is -0.376 e. The van der Waals surface area contributed by atoms with Crippen molar-refractivity contribution in [3.63, 3.8) is 0 Å². The molecule has 0 aromatic heterocycles. The summed E-state index contributed by atoms with van der Waals surface area (Å²) in [5.41, 5.74) is 0.353. The Hall–Kier alpha value is -0.0800. The molecular formula is C9H18O2. The topological polar surface area (TPSA) is 18.5 Å². The molecule has 0 amide bonds. The van der Waals surface area contributed by atoms with Gasteiger partial charge in [-0.2, -0.15) is 0 Å². The highest BCUT2D eigenvalue weighted by Crippen LogP contribution is 2.23. The Morgan fingerprint density at radius 3 is 2.45 bits per heavy atom. The molecule has 0 aliphatic carbocycles. The molecule has 0 spiro atoms. The first-order chi connectivity index (χ1) is 5.08. The van der Waals surface area contributed by atoms with Crippen LogP contribution < -0.4 is 0 Å². The number of ether oxygens (including phenoxy) is 2. The largest absolute Gasteiger partial charge is 0.376 e. The van der Waals surface area contributed by atoms with Crippen LogP contribution in [0.5, 0.6) is 0 Å². The van der Waals surface area contributed by atoms with Gasteiger partial charge in [0.2, 0.25) is 0 Å². The van der Waals surface area contributed by atoms with E-state index in [1.165, 1.54) is 0 Å². The van der Waals surface area contributed by atoms with Crippen molar-refractivity contribution in [2.75, 3.05) is 19.8 Å². The minimum absolute atomic E-state index is 0.323. The van der Waals surface area contributed by atoms with Crippen molar-refractivity contribution in [3.05, 3.63) is 0 Å². The van der Waals surface area contributed by atoms with Gasteiger partial charge in [-0.3, -0.25) is 0 Å². The highest BCUT2D eigenvalue weighted by molar-refractivity contribution is 4.70. The van der Waals surface area contributed by atoms with Crippen LogP contribution >= 0.6 is 0 Å². The average Bonchev–Trinajstić information content (AvgIpc) is 1.85. The average molecular weight is 158 g/mol. The van der Waals surface area contributed by atoms with Crippen molar-refractivity contribution in [3.8, 4) is 0 Å². The first kappa shape index (κ1) is 9.01. The predicted octanol–water partition coefficient (Wildman–Crippen LogP) is 1.84. The third kappa shape index (κ3) is 3.73. The lowest BCUT2D eigenvalue weighted by molar-refractivity contribution is -0.100. The molecule has 0 aromatic carbocycles. The summed E-state index contributed by atoms with van der Waals surface area (Å²) in [6.07, 6.45) is 1.41. The molecule has 1 heterocycles. The molecule has 1 fully saturated rings. The first-order valence-corrected chi connectivity index (χ1v) is 4.27. The Morgan fingerprint density at radius 1 is 1.27 bits per heavy atom. The van der Waals surface area contributed by atoms with Gasteiger partial charge in [-0.15, -0.1) is 0 Å². The summed E-state index contributed by atoms with van der Waals surface area (Å²) in [6.45, 7) is 8.99. The Kier molecular flexibility index (Phi) is 2.90. The summed E-state index contributed by atoms with van der Waals surface area (Å²) >= 11 is 0. The summed E-state index contributed by atoms with van der Waals surface area (Å²) in [5.74, 6) is 0. The molecule has 1 atom stereocenters. The van der Waals surface area contributed by atoms with Gasteiger partial charge in [-0.1, -0.05) is 20.8 Å². The summed E-state index contributed by atoms with van der Waals surface area (Å²) in [4.78, 5) is 0. The van der Waals surface area contributed by atoms with Crippen LogP contribution in [0.3, 0.4) is 0 Å². The van der Waals surface area contributed by atoms with Crippen molar-refractivity contribution in [2.24, 2.45) is 5.41 Å². The Bertz CT molecular complexity index is 109. The second kappa shape index (κ2) is 3.55. The summed E-state index contributed by atoms with van der Waals surface area (Å²) in [6, 6.07) is 0. The lowest BCUT2D eigenvalue weighted by Gasteiger charge is -2.28. The van der Waals surface area contributed by atoms with Crippen LogP contribution in [0.2, 0.25) is 0 Å². The van der Waals surface area contributed by atoms with Gasteiger partial charge in [0, 0.05) is 0 Å². The Morgan fingerprint density at radius 2 is 2.00 bits per heavy atom. The van der Waals surface area contributed by atoms with E-state index in [1.54, 1.807) is 0 Å². The third-order valence-corrected chi connectivity index (χ3v) is 1.73. The van der Waals surface area contributed by atoms with E-state index in [2.05, 4.69) is 20.8 Å². The lowest BCUT2D eigenvalue weighted by atomic mass is 9.89. The molecule has 0 N–H and O–H groups in total. The third-order valence-electron chi connectivity index (χ3n) is 1.73. The van der Waals surface area contributed by atoms with Crippen molar-refractivity contribution < 1.29 is 9.47 Å². The molecule has 0 aromatic rings. The van der Waals surface area contributed by atoms with Gasteiger partial charge in [0.25, 0.3) is 0 Å². The fourth-order valence-electron chi connectivity index (χ4n) is 1.34. The van der Waals surface area contributed by atoms with Gasteiger partial charge >= 0.3 is 0 Å². The molecule has 1 saturated heterocycles. The fraction of sp³-hybridized carbons (Fsp3) is 1.00. The van der Waals surface area contributed by atoms with E-state index in [0.29, 0.717) is 11.5 Å². The van der Waals surface area contributed by atoms with Crippen molar-refractivity contribution in [1.29, 1.82) is 0 Å². The number of rotatable bonds is 1. The molecule has 1 aliphatic heterocycles. The second-order valence-electron chi connectivity index (χ2n) is 4.33. The quantitative estimate of drug-likeness (QED) is 0.579. The maximum Gasteiger partial charge on any atom is 0.0814 e.